The van der Waals surface area contributed by atoms with Gasteiger partial charge in [0.15, 0.2) is 0 Å². The molecule has 2 nitrogen and oxygen atoms in total. The number of anilines is 3. The van der Waals surface area contributed by atoms with E-state index in [9.17, 15) is 0 Å². The molecule has 0 saturated carbocycles. The molecule has 0 unspecified atom stereocenters. The molecule has 0 spiro atoms. The second-order valence-electron chi connectivity index (χ2n) is 15.7. The standard InChI is InChI=1S/C55H39NO/c1-55(2)51-25-15-14-24-46(51)47-29-27-43(35-52(47)55)56(42-21-10-5-11-22-42)44-33-49(54-50(34-44)48-28-26-38-20-12-13-23-45(38)53(48)57-54)41-31-39(36-16-6-3-7-17-36)30-40(32-41)37-18-8-4-9-19-37/h3-35H,1-2H3. The van der Waals surface area contributed by atoms with E-state index in [4.69, 9.17) is 4.42 Å². The van der Waals surface area contributed by atoms with Gasteiger partial charge in [-0.25, -0.2) is 0 Å². The number of para-hydroxylation sites is 1. The molecule has 0 fully saturated rings. The minimum absolute atomic E-state index is 0.132. The van der Waals surface area contributed by atoms with Crippen molar-refractivity contribution in [3.63, 3.8) is 0 Å². The molecule has 9 aromatic carbocycles. The van der Waals surface area contributed by atoms with Crippen LogP contribution in [0.15, 0.2) is 205 Å². The van der Waals surface area contributed by atoms with Gasteiger partial charge in [-0.1, -0.05) is 153 Å². The quantitative estimate of drug-likeness (QED) is 0.169. The molecule has 2 heteroatoms. The summed E-state index contributed by atoms with van der Waals surface area (Å²) < 4.78 is 7.09. The van der Waals surface area contributed by atoms with Crippen molar-refractivity contribution >= 4 is 49.8 Å². The lowest BCUT2D eigenvalue weighted by Gasteiger charge is -2.28. The minimum atomic E-state index is -0.132. The zero-order valence-corrected chi connectivity index (χ0v) is 31.9. The molecule has 57 heavy (non-hydrogen) atoms. The number of benzene rings is 9. The van der Waals surface area contributed by atoms with Crippen LogP contribution in [0.4, 0.5) is 17.1 Å². The molecule has 10 aromatic rings. The van der Waals surface area contributed by atoms with E-state index in [2.05, 4.69) is 219 Å². The van der Waals surface area contributed by atoms with Crippen LogP contribution >= 0.6 is 0 Å². The van der Waals surface area contributed by atoms with Crippen molar-refractivity contribution in [2.24, 2.45) is 0 Å². The largest absolute Gasteiger partial charge is 0.455 e. The van der Waals surface area contributed by atoms with Crippen LogP contribution in [0.25, 0.3) is 77.2 Å². The molecule has 0 aliphatic heterocycles. The maximum absolute atomic E-state index is 7.09. The Labute approximate surface area is 332 Å². The smallest absolute Gasteiger partial charge is 0.143 e. The fourth-order valence-corrected chi connectivity index (χ4v) is 9.17. The van der Waals surface area contributed by atoms with Crippen molar-refractivity contribution in [2.45, 2.75) is 19.3 Å². The zero-order valence-electron chi connectivity index (χ0n) is 31.9. The van der Waals surface area contributed by atoms with E-state index < -0.39 is 0 Å². The Bertz CT molecular complexity index is 3080. The predicted molar refractivity (Wildman–Crippen MR) is 240 cm³/mol. The summed E-state index contributed by atoms with van der Waals surface area (Å²) in [6, 6.07) is 72.6. The van der Waals surface area contributed by atoms with Crippen molar-refractivity contribution in [3.05, 3.63) is 211 Å². The molecule has 270 valence electrons. The highest BCUT2D eigenvalue weighted by molar-refractivity contribution is 6.18. The number of hydrogen-bond acceptors (Lipinski definition) is 2. The monoisotopic (exact) mass is 729 g/mol. The van der Waals surface area contributed by atoms with Crippen LogP contribution in [0.5, 0.6) is 0 Å². The lowest BCUT2D eigenvalue weighted by Crippen LogP contribution is -2.16. The van der Waals surface area contributed by atoms with E-state index in [1.54, 1.807) is 0 Å². The van der Waals surface area contributed by atoms with E-state index in [0.29, 0.717) is 0 Å². The van der Waals surface area contributed by atoms with Crippen LogP contribution in [-0.4, -0.2) is 0 Å². The van der Waals surface area contributed by atoms with Crippen LogP contribution in [0.3, 0.4) is 0 Å². The molecule has 1 aliphatic rings. The average molecular weight is 730 g/mol. The Balaban J connectivity index is 1.21. The maximum Gasteiger partial charge on any atom is 0.143 e. The Morgan fingerprint density at radius 1 is 0.351 bits per heavy atom. The van der Waals surface area contributed by atoms with Crippen LogP contribution in [0, 0.1) is 0 Å². The predicted octanol–water partition coefficient (Wildman–Crippen LogP) is 15.5. The summed E-state index contributed by atoms with van der Waals surface area (Å²) in [6.07, 6.45) is 0. The molecular weight excluding hydrogens is 691 g/mol. The first-order valence-corrected chi connectivity index (χ1v) is 19.8. The van der Waals surface area contributed by atoms with Gasteiger partial charge < -0.3 is 9.32 Å². The van der Waals surface area contributed by atoms with E-state index in [1.165, 1.54) is 33.4 Å². The summed E-state index contributed by atoms with van der Waals surface area (Å²) in [7, 11) is 0. The number of nitrogens with zero attached hydrogens (tertiary/aromatic N) is 1. The van der Waals surface area contributed by atoms with Gasteiger partial charge >= 0.3 is 0 Å². The van der Waals surface area contributed by atoms with Crippen molar-refractivity contribution in [1.29, 1.82) is 0 Å². The van der Waals surface area contributed by atoms with Crippen LogP contribution < -0.4 is 4.90 Å². The van der Waals surface area contributed by atoms with E-state index in [0.717, 1.165) is 72.0 Å². The Kier molecular flexibility index (Phi) is 7.55. The highest BCUT2D eigenvalue weighted by atomic mass is 16.3. The maximum atomic E-state index is 7.09. The molecule has 1 heterocycles. The first kappa shape index (κ1) is 33.2. The summed E-state index contributed by atoms with van der Waals surface area (Å²) in [5.74, 6) is 0. The SMILES string of the molecule is CC1(C)c2ccccc2-c2ccc(N(c3ccccc3)c3cc(-c4cc(-c5ccccc5)cc(-c5ccccc5)c4)c4oc5c6ccccc6ccc5c4c3)cc21. The van der Waals surface area contributed by atoms with Gasteiger partial charge in [-0.05, 0) is 116 Å². The van der Waals surface area contributed by atoms with Gasteiger partial charge in [-0.3, -0.25) is 0 Å². The fourth-order valence-electron chi connectivity index (χ4n) is 9.17. The van der Waals surface area contributed by atoms with Gasteiger partial charge in [-0.2, -0.15) is 0 Å². The third-order valence-electron chi connectivity index (χ3n) is 12.0. The zero-order chi connectivity index (χ0) is 38.1. The molecule has 0 N–H and O–H groups in total. The summed E-state index contributed by atoms with van der Waals surface area (Å²) in [5, 5.41) is 4.47. The fraction of sp³-hybridized carbons (Fsp3) is 0.0545. The normalized spacial score (nSPS) is 12.9. The van der Waals surface area contributed by atoms with Crippen molar-refractivity contribution < 1.29 is 4.42 Å². The lowest BCUT2D eigenvalue weighted by atomic mass is 9.82. The van der Waals surface area contributed by atoms with Gasteiger partial charge in [0.2, 0.25) is 0 Å². The van der Waals surface area contributed by atoms with Crippen molar-refractivity contribution in [2.75, 3.05) is 4.90 Å². The molecular formula is C55H39NO. The molecule has 0 amide bonds. The van der Waals surface area contributed by atoms with Gasteiger partial charge in [0.1, 0.15) is 11.2 Å². The number of fused-ring (bicyclic) bond motifs is 8. The van der Waals surface area contributed by atoms with E-state index in [1.807, 2.05) is 0 Å². The van der Waals surface area contributed by atoms with Gasteiger partial charge in [0, 0.05) is 44.2 Å². The topological polar surface area (TPSA) is 16.4 Å². The average Bonchev–Trinajstić information content (AvgIpc) is 3.76. The number of rotatable bonds is 6. The van der Waals surface area contributed by atoms with Crippen molar-refractivity contribution in [3.8, 4) is 44.5 Å². The van der Waals surface area contributed by atoms with Crippen molar-refractivity contribution in [1.82, 2.24) is 0 Å². The molecule has 11 rings (SSSR count). The molecule has 0 bridgehead atoms. The Morgan fingerprint density at radius 2 is 0.965 bits per heavy atom. The Hall–Kier alpha value is -7.16. The highest BCUT2D eigenvalue weighted by Crippen LogP contribution is 2.51. The first-order chi connectivity index (χ1) is 28.0. The van der Waals surface area contributed by atoms with Gasteiger partial charge in [0.05, 0.1) is 0 Å². The molecule has 0 saturated heterocycles. The summed E-state index contributed by atoms with van der Waals surface area (Å²) >= 11 is 0. The summed E-state index contributed by atoms with van der Waals surface area (Å²) in [5.41, 5.74) is 17.1. The van der Waals surface area contributed by atoms with E-state index >= 15 is 0 Å². The molecule has 1 aromatic heterocycles. The molecule has 1 aliphatic carbocycles. The Morgan fingerprint density at radius 3 is 1.70 bits per heavy atom. The van der Waals surface area contributed by atoms with Gasteiger partial charge in [-0.15, -0.1) is 0 Å². The lowest BCUT2D eigenvalue weighted by molar-refractivity contribution is 0.660. The minimum Gasteiger partial charge on any atom is -0.455 e. The van der Waals surface area contributed by atoms with E-state index in [-0.39, 0.29) is 5.41 Å². The van der Waals surface area contributed by atoms with Gasteiger partial charge in [0.25, 0.3) is 0 Å². The third kappa shape index (κ3) is 5.40. The third-order valence-corrected chi connectivity index (χ3v) is 12.0. The molecule has 0 radical (unpaired) electrons. The number of furan rings is 1. The number of hydrogen-bond donors (Lipinski definition) is 0. The van der Waals surface area contributed by atoms with Crippen LogP contribution in [-0.2, 0) is 5.41 Å². The van der Waals surface area contributed by atoms with Crippen LogP contribution in [0.1, 0.15) is 25.0 Å². The second-order valence-corrected chi connectivity index (χ2v) is 15.7. The second kappa shape index (κ2) is 13.0. The summed E-state index contributed by atoms with van der Waals surface area (Å²) in [4.78, 5) is 2.42. The molecule has 0 atom stereocenters. The van der Waals surface area contributed by atoms with Crippen LogP contribution in [0.2, 0.25) is 0 Å². The highest BCUT2D eigenvalue weighted by Gasteiger charge is 2.36. The summed E-state index contributed by atoms with van der Waals surface area (Å²) in [6.45, 7) is 4.70. The first-order valence-electron chi connectivity index (χ1n) is 19.8.